The van der Waals surface area contributed by atoms with Crippen LogP contribution in [0.15, 0.2) is 42.6 Å². The molecule has 4 N–H and O–H groups in total. The molecule has 1 saturated carbocycles. The first-order valence-electron chi connectivity index (χ1n) is 8.87. The summed E-state index contributed by atoms with van der Waals surface area (Å²) in [6, 6.07) is 10.9. The number of rotatable bonds is 6. The Balaban J connectivity index is 1.79. The third kappa shape index (κ3) is 3.44. The fourth-order valence-electron chi connectivity index (χ4n) is 2.96. The number of nitrogens with one attached hydrogen (secondary N) is 2. The van der Waals surface area contributed by atoms with Gasteiger partial charge in [-0.2, -0.15) is 0 Å². The topological polar surface area (TPSA) is 123 Å². The van der Waals surface area contributed by atoms with Gasteiger partial charge in [-0.15, -0.1) is 0 Å². The molecule has 0 atom stereocenters. The van der Waals surface area contributed by atoms with Crippen molar-refractivity contribution in [2.75, 3.05) is 12.4 Å². The highest BCUT2D eigenvalue weighted by Crippen LogP contribution is 2.36. The quantitative estimate of drug-likeness (QED) is 0.609. The summed E-state index contributed by atoms with van der Waals surface area (Å²) in [5, 5.41) is 2.82. The number of pyridine rings is 1. The maximum atomic E-state index is 12.0. The second kappa shape index (κ2) is 7.15. The van der Waals surface area contributed by atoms with Crippen LogP contribution in [0.25, 0.3) is 22.5 Å². The predicted molar refractivity (Wildman–Crippen MR) is 104 cm³/mol. The smallest absolute Gasteiger partial charge is 0.284 e. The number of ether oxygens (including phenoxy) is 1. The highest BCUT2D eigenvalue weighted by molar-refractivity contribution is 5.95. The Morgan fingerprint density at radius 2 is 2.04 bits per heavy atom. The Hall–Kier alpha value is -3.68. The van der Waals surface area contributed by atoms with Crippen LogP contribution in [-0.4, -0.2) is 33.9 Å². The molecule has 3 aromatic rings. The van der Waals surface area contributed by atoms with Crippen molar-refractivity contribution in [1.29, 1.82) is 0 Å². The van der Waals surface area contributed by atoms with Gasteiger partial charge in [0.15, 0.2) is 5.82 Å². The van der Waals surface area contributed by atoms with Crippen LogP contribution >= 0.6 is 0 Å². The van der Waals surface area contributed by atoms with Gasteiger partial charge >= 0.3 is 0 Å². The average molecular weight is 377 g/mol. The molecule has 2 amide bonds. The van der Waals surface area contributed by atoms with E-state index in [2.05, 4.69) is 20.3 Å². The van der Waals surface area contributed by atoms with E-state index in [1.165, 1.54) is 0 Å². The van der Waals surface area contributed by atoms with Crippen LogP contribution in [0, 0.1) is 5.92 Å². The van der Waals surface area contributed by atoms with Crippen molar-refractivity contribution in [1.82, 2.24) is 15.0 Å². The number of aromatic amines is 1. The van der Waals surface area contributed by atoms with Gasteiger partial charge in [-0.25, -0.2) is 9.97 Å². The second-order valence-corrected chi connectivity index (χ2v) is 6.57. The first kappa shape index (κ1) is 17.7. The minimum absolute atomic E-state index is 0.0329. The highest BCUT2D eigenvalue weighted by Gasteiger charge is 2.30. The van der Waals surface area contributed by atoms with Crippen molar-refractivity contribution in [3.63, 3.8) is 0 Å². The number of aromatic nitrogens is 3. The van der Waals surface area contributed by atoms with Gasteiger partial charge in [0, 0.05) is 23.2 Å². The minimum atomic E-state index is -0.668. The molecule has 0 aliphatic heterocycles. The number of carbonyl (C=O) groups is 2. The van der Waals surface area contributed by atoms with Gasteiger partial charge in [0.2, 0.25) is 5.91 Å². The number of carbonyl (C=O) groups excluding carboxylic acids is 2. The van der Waals surface area contributed by atoms with Crippen molar-refractivity contribution in [2.45, 2.75) is 12.8 Å². The van der Waals surface area contributed by atoms with Crippen LogP contribution < -0.4 is 15.8 Å². The summed E-state index contributed by atoms with van der Waals surface area (Å²) in [5.74, 6) is 0.467. The zero-order valence-corrected chi connectivity index (χ0v) is 15.2. The molecule has 8 nitrogen and oxygen atoms in total. The van der Waals surface area contributed by atoms with Crippen molar-refractivity contribution in [3.05, 3.63) is 48.4 Å². The van der Waals surface area contributed by atoms with E-state index in [1.807, 2.05) is 24.3 Å². The Labute approximate surface area is 161 Å². The van der Waals surface area contributed by atoms with Crippen LogP contribution in [-0.2, 0) is 4.79 Å². The molecule has 8 heteroatoms. The summed E-state index contributed by atoms with van der Waals surface area (Å²) in [6.07, 6.45) is 3.40. The van der Waals surface area contributed by atoms with Crippen LogP contribution in [0.3, 0.4) is 0 Å². The van der Waals surface area contributed by atoms with Crippen molar-refractivity contribution in [2.24, 2.45) is 11.7 Å². The monoisotopic (exact) mass is 377 g/mol. The van der Waals surface area contributed by atoms with E-state index in [0.717, 1.165) is 18.4 Å². The Kier molecular flexibility index (Phi) is 4.52. The Morgan fingerprint density at radius 1 is 1.25 bits per heavy atom. The van der Waals surface area contributed by atoms with E-state index in [-0.39, 0.29) is 17.6 Å². The molecule has 0 radical (unpaired) electrons. The summed E-state index contributed by atoms with van der Waals surface area (Å²) in [6.45, 7) is 0. The number of anilines is 1. The molecule has 1 aromatic carbocycles. The maximum Gasteiger partial charge on any atom is 0.284 e. The van der Waals surface area contributed by atoms with E-state index in [4.69, 9.17) is 10.5 Å². The zero-order valence-electron chi connectivity index (χ0n) is 15.2. The molecule has 0 unspecified atom stereocenters. The van der Waals surface area contributed by atoms with Crippen LogP contribution in [0.5, 0.6) is 5.75 Å². The molecule has 0 bridgehead atoms. The fourth-order valence-corrected chi connectivity index (χ4v) is 2.96. The molecule has 2 heterocycles. The predicted octanol–water partition coefficient (Wildman–Crippen LogP) is 2.59. The van der Waals surface area contributed by atoms with Gasteiger partial charge in [-0.05, 0) is 37.1 Å². The van der Waals surface area contributed by atoms with E-state index >= 15 is 0 Å². The number of nitrogens with two attached hydrogens (primary N) is 1. The molecule has 1 fully saturated rings. The van der Waals surface area contributed by atoms with Crippen LogP contribution in [0.2, 0.25) is 0 Å². The summed E-state index contributed by atoms with van der Waals surface area (Å²) < 4.78 is 5.44. The van der Waals surface area contributed by atoms with Crippen molar-refractivity contribution >= 4 is 17.6 Å². The molecule has 0 saturated heterocycles. The number of amides is 2. The molecule has 4 rings (SSSR count). The third-order valence-corrected chi connectivity index (χ3v) is 4.55. The molecular formula is C20H19N5O3. The summed E-state index contributed by atoms with van der Waals surface area (Å²) in [4.78, 5) is 35.3. The number of primary amides is 1. The number of hydrogen-bond acceptors (Lipinski definition) is 5. The first-order valence-corrected chi connectivity index (χ1v) is 8.87. The highest BCUT2D eigenvalue weighted by atomic mass is 16.5. The molecule has 142 valence electrons. The largest absolute Gasteiger partial charge is 0.496 e. The van der Waals surface area contributed by atoms with E-state index in [1.54, 1.807) is 25.4 Å². The van der Waals surface area contributed by atoms with Gasteiger partial charge in [-0.3, -0.25) is 9.59 Å². The lowest BCUT2D eigenvalue weighted by Gasteiger charge is -2.09. The summed E-state index contributed by atoms with van der Waals surface area (Å²) >= 11 is 0. The average Bonchev–Trinajstić information content (AvgIpc) is 3.46. The van der Waals surface area contributed by atoms with Gasteiger partial charge in [0.1, 0.15) is 11.6 Å². The Morgan fingerprint density at radius 3 is 2.75 bits per heavy atom. The number of imidazole rings is 1. The molecule has 0 spiro atoms. The lowest BCUT2D eigenvalue weighted by atomic mass is 10.0. The first-order chi connectivity index (χ1) is 13.6. The van der Waals surface area contributed by atoms with E-state index in [9.17, 15) is 9.59 Å². The second-order valence-electron chi connectivity index (χ2n) is 6.57. The van der Waals surface area contributed by atoms with Crippen LogP contribution in [0.4, 0.5) is 5.82 Å². The van der Waals surface area contributed by atoms with Gasteiger partial charge in [0.25, 0.3) is 5.91 Å². The maximum absolute atomic E-state index is 12.0. The zero-order chi connectivity index (χ0) is 19.7. The summed E-state index contributed by atoms with van der Waals surface area (Å²) in [7, 11) is 1.57. The standard InChI is InChI=1S/C20H19N5O3/c1-28-14-5-3-2-4-13(14)17-16(24-19(25-17)18(21)26)12-8-9-22-15(10-12)23-20(27)11-6-7-11/h2-5,8-11H,6-7H2,1H3,(H2,21,26)(H,24,25)(H,22,23,27). The lowest BCUT2D eigenvalue weighted by Crippen LogP contribution is -2.14. The van der Waals surface area contributed by atoms with E-state index in [0.29, 0.717) is 28.5 Å². The van der Waals surface area contributed by atoms with Gasteiger partial charge < -0.3 is 20.8 Å². The van der Waals surface area contributed by atoms with Gasteiger partial charge in [0.05, 0.1) is 18.5 Å². The number of hydrogen-bond donors (Lipinski definition) is 3. The number of para-hydroxylation sites is 1. The number of H-pyrrole nitrogens is 1. The number of benzene rings is 1. The summed E-state index contributed by atoms with van der Waals surface area (Å²) in [5.41, 5.74) is 7.96. The molecule has 1 aliphatic carbocycles. The molecule has 28 heavy (non-hydrogen) atoms. The third-order valence-electron chi connectivity index (χ3n) is 4.55. The molecular weight excluding hydrogens is 358 g/mol. The normalized spacial score (nSPS) is 13.2. The number of methoxy groups -OCH3 is 1. The molecule has 2 aromatic heterocycles. The Bertz CT molecular complexity index is 1060. The van der Waals surface area contributed by atoms with Crippen molar-refractivity contribution < 1.29 is 14.3 Å². The number of nitrogens with zero attached hydrogens (tertiary/aromatic N) is 2. The SMILES string of the molecule is COc1ccccc1-c1[nH]c(C(N)=O)nc1-c1ccnc(NC(=O)C2CC2)c1. The lowest BCUT2D eigenvalue weighted by molar-refractivity contribution is -0.117. The molecule has 1 aliphatic rings. The van der Waals surface area contributed by atoms with E-state index < -0.39 is 5.91 Å². The van der Waals surface area contributed by atoms with Crippen molar-refractivity contribution in [3.8, 4) is 28.3 Å². The minimum Gasteiger partial charge on any atom is -0.496 e. The van der Waals surface area contributed by atoms with Gasteiger partial charge in [-0.1, -0.05) is 12.1 Å². The fraction of sp³-hybridized carbons (Fsp3) is 0.200. The van der Waals surface area contributed by atoms with Crippen LogP contribution in [0.1, 0.15) is 23.5 Å².